The van der Waals surface area contributed by atoms with Gasteiger partial charge >= 0.3 is 11.9 Å². The van der Waals surface area contributed by atoms with Crippen LogP contribution in [0.15, 0.2) is 12.1 Å². The molecule has 0 radical (unpaired) electrons. The highest BCUT2D eigenvalue weighted by Gasteiger charge is 2.20. The summed E-state index contributed by atoms with van der Waals surface area (Å²) in [6.45, 7) is 1.02. The molecule has 21 heavy (non-hydrogen) atoms. The lowest BCUT2D eigenvalue weighted by Gasteiger charge is -2.21. The summed E-state index contributed by atoms with van der Waals surface area (Å²) in [5.74, 6) is -0.901. The third-order valence-corrected chi connectivity index (χ3v) is 2.66. The predicted octanol–water partition coefficient (Wildman–Crippen LogP) is 0.451. The van der Waals surface area contributed by atoms with Crippen LogP contribution in [0, 0.1) is 17.0 Å². The van der Waals surface area contributed by atoms with Crippen LogP contribution in [0.25, 0.3) is 0 Å². The van der Waals surface area contributed by atoms with Crippen LogP contribution in [0.4, 0.5) is 11.5 Å². The van der Waals surface area contributed by atoms with E-state index in [4.69, 9.17) is 0 Å². The maximum atomic E-state index is 11.4. The average Bonchev–Trinajstić information content (AvgIpc) is 2.45. The minimum absolute atomic E-state index is 0.144. The van der Waals surface area contributed by atoms with Crippen molar-refractivity contribution in [2.75, 3.05) is 32.2 Å². The number of esters is 2. The van der Waals surface area contributed by atoms with Crippen molar-refractivity contribution in [2.45, 2.75) is 6.92 Å². The number of pyridine rings is 1. The molecule has 0 aromatic carbocycles. The molecule has 0 bridgehead atoms. The van der Waals surface area contributed by atoms with Crippen LogP contribution in [0.3, 0.4) is 0 Å². The summed E-state index contributed by atoms with van der Waals surface area (Å²) in [7, 11) is 2.43. The number of nitro groups is 1. The maximum Gasteiger partial charge on any atom is 0.325 e. The SMILES string of the molecule is COC(=O)CN(CC(=O)OC)c1ccc([N+](=O)[O-])c(C)n1. The molecule has 0 aliphatic rings. The lowest BCUT2D eigenvalue weighted by molar-refractivity contribution is -0.385. The van der Waals surface area contributed by atoms with E-state index < -0.39 is 16.9 Å². The van der Waals surface area contributed by atoms with Gasteiger partial charge in [-0.15, -0.1) is 0 Å². The highest BCUT2D eigenvalue weighted by Crippen LogP contribution is 2.20. The zero-order valence-corrected chi connectivity index (χ0v) is 11.9. The molecule has 1 rings (SSSR count). The molecule has 9 heteroatoms. The lowest BCUT2D eigenvalue weighted by atomic mass is 10.3. The van der Waals surface area contributed by atoms with E-state index in [0.717, 1.165) is 0 Å². The first-order valence-electron chi connectivity index (χ1n) is 5.89. The van der Waals surface area contributed by atoms with Gasteiger partial charge < -0.3 is 14.4 Å². The third-order valence-electron chi connectivity index (χ3n) is 2.66. The fraction of sp³-hybridized carbons (Fsp3) is 0.417. The van der Waals surface area contributed by atoms with Gasteiger partial charge in [-0.1, -0.05) is 0 Å². The molecular weight excluding hydrogens is 282 g/mol. The Balaban J connectivity index is 3.07. The molecule has 9 nitrogen and oxygen atoms in total. The first-order valence-corrected chi connectivity index (χ1v) is 5.89. The van der Waals surface area contributed by atoms with E-state index in [9.17, 15) is 19.7 Å². The number of anilines is 1. The molecule has 1 aromatic rings. The molecule has 0 fully saturated rings. The Morgan fingerprint density at radius 3 is 2.14 bits per heavy atom. The van der Waals surface area contributed by atoms with Crippen molar-refractivity contribution in [1.82, 2.24) is 4.98 Å². The molecule has 1 aromatic heterocycles. The topological polar surface area (TPSA) is 112 Å². The second kappa shape index (κ2) is 7.17. The Labute approximate surface area is 120 Å². The molecular formula is C12H15N3O6. The van der Waals surface area contributed by atoms with Gasteiger partial charge in [0, 0.05) is 6.07 Å². The van der Waals surface area contributed by atoms with Crippen molar-refractivity contribution in [3.63, 3.8) is 0 Å². The molecule has 0 N–H and O–H groups in total. The summed E-state index contributed by atoms with van der Waals surface area (Å²) in [6, 6.07) is 2.62. The normalized spacial score (nSPS) is 9.86. The van der Waals surface area contributed by atoms with Crippen molar-refractivity contribution in [1.29, 1.82) is 0 Å². The lowest BCUT2D eigenvalue weighted by Crippen LogP contribution is -2.36. The van der Waals surface area contributed by atoms with Gasteiger partial charge in [-0.25, -0.2) is 4.98 Å². The number of nitrogens with zero attached hydrogens (tertiary/aromatic N) is 3. The van der Waals surface area contributed by atoms with Crippen LogP contribution < -0.4 is 4.90 Å². The van der Waals surface area contributed by atoms with E-state index in [1.54, 1.807) is 0 Å². The Hall–Kier alpha value is -2.71. The minimum Gasteiger partial charge on any atom is -0.468 e. The first-order chi connectivity index (χ1) is 9.88. The minimum atomic E-state index is -0.572. The van der Waals surface area contributed by atoms with Crippen LogP contribution in [0.2, 0.25) is 0 Å². The van der Waals surface area contributed by atoms with Crippen LogP contribution in [0.5, 0.6) is 0 Å². The van der Waals surface area contributed by atoms with Gasteiger partial charge in [-0.3, -0.25) is 19.7 Å². The fourth-order valence-corrected chi connectivity index (χ4v) is 1.57. The monoisotopic (exact) mass is 297 g/mol. The summed E-state index contributed by atoms with van der Waals surface area (Å²) in [5.41, 5.74) is 0.0343. The van der Waals surface area contributed by atoms with Crippen molar-refractivity contribution in [3.05, 3.63) is 27.9 Å². The van der Waals surface area contributed by atoms with E-state index in [-0.39, 0.29) is 30.3 Å². The molecule has 0 aliphatic heterocycles. The number of hydrogen-bond donors (Lipinski definition) is 0. The molecule has 0 saturated heterocycles. The molecule has 1 heterocycles. The number of aromatic nitrogens is 1. The number of carbonyl (C=O) groups is 2. The zero-order valence-electron chi connectivity index (χ0n) is 11.9. The Morgan fingerprint density at radius 2 is 1.76 bits per heavy atom. The number of aryl methyl sites for hydroxylation is 1. The Bertz CT molecular complexity index is 542. The Morgan fingerprint density at radius 1 is 1.24 bits per heavy atom. The van der Waals surface area contributed by atoms with E-state index in [1.807, 2.05) is 0 Å². The van der Waals surface area contributed by atoms with Gasteiger partial charge in [-0.2, -0.15) is 0 Å². The summed E-state index contributed by atoms with van der Waals surface area (Å²) >= 11 is 0. The van der Waals surface area contributed by atoms with Gasteiger partial charge in [0.1, 0.15) is 24.6 Å². The number of rotatable bonds is 6. The number of methoxy groups -OCH3 is 2. The molecule has 0 saturated carbocycles. The Kier molecular flexibility index (Phi) is 5.58. The van der Waals surface area contributed by atoms with Gasteiger partial charge in [0.05, 0.1) is 19.1 Å². The van der Waals surface area contributed by atoms with Gasteiger partial charge in [0.25, 0.3) is 5.69 Å². The summed E-state index contributed by atoms with van der Waals surface area (Å²) < 4.78 is 9.08. The van der Waals surface area contributed by atoms with Crippen LogP contribution in [-0.4, -0.2) is 49.2 Å². The van der Waals surface area contributed by atoms with E-state index in [2.05, 4.69) is 14.5 Å². The largest absolute Gasteiger partial charge is 0.468 e. The molecule has 0 unspecified atom stereocenters. The number of carbonyl (C=O) groups excluding carboxylic acids is 2. The van der Waals surface area contributed by atoms with Crippen LogP contribution in [0.1, 0.15) is 5.69 Å². The number of ether oxygens (including phenoxy) is 2. The average molecular weight is 297 g/mol. The third kappa shape index (κ3) is 4.41. The molecule has 0 amide bonds. The summed E-state index contributed by atoms with van der Waals surface area (Å²) in [4.78, 5) is 38.3. The standard InChI is InChI=1S/C12H15N3O6/c1-8-9(15(18)19)4-5-10(13-8)14(6-11(16)20-2)7-12(17)21-3/h4-5H,6-7H2,1-3H3. The van der Waals surface area contributed by atoms with Gasteiger partial charge in [0.15, 0.2) is 0 Å². The number of hydrogen-bond acceptors (Lipinski definition) is 8. The highest BCUT2D eigenvalue weighted by molar-refractivity contribution is 5.80. The second-order valence-corrected chi connectivity index (χ2v) is 4.04. The highest BCUT2D eigenvalue weighted by atomic mass is 16.6. The van der Waals surface area contributed by atoms with Crippen molar-refractivity contribution in [3.8, 4) is 0 Å². The zero-order chi connectivity index (χ0) is 16.0. The summed E-state index contributed by atoms with van der Waals surface area (Å²) in [5, 5.41) is 10.8. The summed E-state index contributed by atoms with van der Waals surface area (Å²) in [6.07, 6.45) is 0. The van der Waals surface area contributed by atoms with Gasteiger partial charge in [0.2, 0.25) is 0 Å². The van der Waals surface area contributed by atoms with E-state index in [1.165, 1.54) is 38.2 Å². The van der Waals surface area contributed by atoms with Crippen molar-refractivity contribution in [2.24, 2.45) is 0 Å². The quantitative estimate of drug-likeness (QED) is 0.422. The molecule has 0 atom stereocenters. The second-order valence-electron chi connectivity index (χ2n) is 4.04. The molecule has 114 valence electrons. The van der Waals surface area contributed by atoms with E-state index >= 15 is 0 Å². The molecule has 0 spiro atoms. The fourth-order valence-electron chi connectivity index (χ4n) is 1.57. The first kappa shape index (κ1) is 16.3. The van der Waals surface area contributed by atoms with Gasteiger partial charge in [-0.05, 0) is 13.0 Å². The van der Waals surface area contributed by atoms with Crippen LogP contribution in [-0.2, 0) is 19.1 Å². The predicted molar refractivity (Wildman–Crippen MR) is 71.9 cm³/mol. The van der Waals surface area contributed by atoms with E-state index in [0.29, 0.717) is 0 Å². The maximum absolute atomic E-state index is 11.4. The van der Waals surface area contributed by atoms with Crippen molar-refractivity contribution < 1.29 is 24.0 Å². The van der Waals surface area contributed by atoms with Crippen molar-refractivity contribution >= 4 is 23.4 Å². The van der Waals surface area contributed by atoms with Crippen LogP contribution >= 0.6 is 0 Å². The molecule has 0 aliphatic carbocycles. The smallest absolute Gasteiger partial charge is 0.325 e.